The number of alkyl halides is 1. The fourth-order valence-electron chi connectivity index (χ4n) is 6.13. The number of halogens is 1. The lowest BCUT2D eigenvalue weighted by molar-refractivity contribution is -0.168. The summed E-state index contributed by atoms with van der Waals surface area (Å²) in [6, 6.07) is 0. The van der Waals surface area contributed by atoms with Crippen LogP contribution in [0.5, 0.6) is 0 Å². The highest BCUT2D eigenvalue weighted by atomic mass is 79.9. The summed E-state index contributed by atoms with van der Waals surface area (Å²) in [5, 5.41) is 20.5. The Morgan fingerprint density at radius 2 is 2.05 bits per heavy atom. The second-order valence-electron chi connectivity index (χ2n) is 8.47. The minimum absolute atomic E-state index is 0.0616. The van der Waals surface area contributed by atoms with E-state index < -0.39 is 6.29 Å². The van der Waals surface area contributed by atoms with Crippen LogP contribution in [0.15, 0.2) is 11.6 Å². The summed E-state index contributed by atoms with van der Waals surface area (Å²) in [6.07, 6.45) is 6.68. The Hall–Kier alpha value is 0.100. The fraction of sp³-hybridized carbons (Fsp3) is 0.889. The van der Waals surface area contributed by atoms with Crippen molar-refractivity contribution in [1.29, 1.82) is 0 Å². The minimum atomic E-state index is -0.620. The van der Waals surface area contributed by atoms with Gasteiger partial charge in [-0.3, -0.25) is 0 Å². The van der Waals surface area contributed by atoms with Crippen LogP contribution in [0, 0.1) is 28.6 Å². The molecule has 2 saturated carbocycles. The normalized spacial score (nSPS) is 57.6. The summed E-state index contributed by atoms with van der Waals surface area (Å²) in [6.45, 7) is 5.27. The van der Waals surface area contributed by atoms with Crippen LogP contribution in [0.4, 0.5) is 0 Å². The van der Waals surface area contributed by atoms with E-state index in [1.165, 1.54) is 12.0 Å². The Bertz CT molecular complexity index is 507. The van der Waals surface area contributed by atoms with Gasteiger partial charge in [-0.15, -0.1) is 0 Å². The number of rotatable bonds is 0. The van der Waals surface area contributed by atoms with E-state index in [0.717, 1.165) is 19.3 Å². The van der Waals surface area contributed by atoms with Gasteiger partial charge in [-0.1, -0.05) is 41.4 Å². The average molecular weight is 371 g/mol. The van der Waals surface area contributed by atoms with E-state index in [1.807, 2.05) is 0 Å². The van der Waals surface area contributed by atoms with Gasteiger partial charge >= 0.3 is 0 Å². The molecule has 1 saturated heterocycles. The second-order valence-corrected chi connectivity index (χ2v) is 9.65. The zero-order valence-corrected chi connectivity index (χ0v) is 15.1. The maximum Gasteiger partial charge on any atom is 0.158 e. The third kappa shape index (κ3) is 1.96. The zero-order chi connectivity index (χ0) is 15.7. The van der Waals surface area contributed by atoms with Crippen LogP contribution in [0.2, 0.25) is 0 Å². The van der Waals surface area contributed by atoms with Crippen molar-refractivity contribution >= 4 is 15.9 Å². The summed E-state index contributed by atoms with van der Waals surface area (Å²) in [7, 11) is 0. The largest absolute Gasteiger partial charge is 0.391 e. The Kier molecular flexibility index (Phi) is 3.58. The van der Waals surface area contributed by atoms with E-state index >= 15 is 0 Å². The molecule has 22 heavy (non-hydrogen) atoms. The molecule has 0 aromatic carbocycles. The number of fused-ring (bicyclic) bond motifs is 5. The molecule has 2 N–H and O–H groups in total. The van der Waals surface area contributed by atoms with E-state index in [-0.39, 0.29) is 21.8 Å². The van der Waals surface area contributed by atoms with Crippen LogP contribution >= 0.6 is 15.9 Å². The van der Waals surface area contributed by atoms with Crippen molar-refractivity contribution in [2.24, 2.45) is 28.6 Å². The van der Waals surface area contributed by atoms with Crippen molar-refractivity contribution in [1.82, 2.24) is 0 Å². The maximum atomic E-state index is 10.7. The minimum Gasteiger partial charge on any atom is -0.391 e. The highest BCUT2D eigenvalue weighted by molar-refractivity contribution is 9.09. The van der Waals surface area contributed by atoms with Gasteiger partial charge in [-0.05, 0) is 48.9 Å². The van der Waals surface area contributed by atoms with Crippen LogP contribution in [0.25, 0.3) is 0 Å². The highest BCUT2D eigenvalue weighted by Crippen LogP contribution is 2.64. The monoisotopic (exact) mass is 370 g/mol. The molecular weight excluding hydrogens is 344 g/mol. The molecule has 4 rings (SSSR count). The van der Waals surface area contributed by atoms with Gasteiger partial charge in [0.1, 0.15) is 0 Å². The Morgan fingerprint density at radius 3 is 2.82 bits per heavy atom. The predicted octanol–water partition coefficient (Wildman–Crippen LogP) is 3.24. The summed E-state index contributed by atoms with van der Waals surface area (Å²) < 4.78 is 5.63. The third-order valence-electron chi connectivity index (χ3n) is 7.53. The second kappa shape index (κ2) is 5.05. The van der Waals surface area contributed by atoms with Crippen LogP contribution in [0.3, 0.4) is 0 Å². The molecule has 3 nitrogen and oxygen atoms in total. The van der Waals surface area contributed by atoms with Gasteiger partial charge in [-0.2, -0.15) is 0 Å². The number of aliphatic hydroxyl groups is 2. The number of aliphatic hydroxyl groups excluding tert-OH is 2. The molecule has 0 spiro atoms. The van der Waals surface area contributed by atoms with Gasteiger partial charge in [0.05, 0.1) is 12.7 Å². The van der Waals surface area contributed by atoms with Gasteiger partial charge in [0.2, 0.25) is 0 Å². The van der Waals surface area contributed by atoms with E-state index in [0.29, 0.717) is 30.8 Å². The number of hydrogen-bond acceptors (Lipinski definition) is 3. The molecule has 8 atom stereocenters. The highest BCUT2D eigenvalue weighted by Gasteiger charge is 2.60. The van der Waals surface area contributed by atoms with E-state index in [4.69, 9.17) is 4.74 Å². The lowest BCUT2D eigenvalue weighted by Gasteiger charge is -2.57. The molecule has 0 radical (unpaired) electrons. The summed E-state index contributed by atoms with van der Waals surface area (Å²) >= 11 is 3.71. The molecular formula is C18H27BrO3. The zero-order valence-electron chi connectivity index (χ0n) is 13.5. The Balaban J connectivity index is 1.68. The molecule has 4 heteroatoms. The van der Waals surface area contributed by atoms with Crippen LogP contribution in [0.1, 0.15) is 46.0 Å². The van der Waals surface area contributed by atoms with Gasteiger partial charge in [-0.25, -0.2) is 0 Å². The standard InChI is InChI=1S/C18H27BrO3/c1-17-6-5-12-11(13(17)8-14(19)16(17)21)4-3-10-7-15(20)22-9-18(10,12)2/h3,11-16,20-21H,4-9H2,1-2H3/t11-,12-,13+,14?,15?,16?,17+,18+/m1/s1. The smallest absolute Gasteiger partial charge is 0.158 e. The first kappa shape index (κ1) is 15.6. The summed E-state index contributed by atoms with van der Waals surface area (Å²) in [4.78, 5) is 0.240. The topological polar surface area (TPSA) is 49.7 Å². The molecule has 1 heterocycles. The number of hydrogen-bond donors (Lipinski definition) is 2. The van der Waals surface area contributed by atoms with E-state index in [2.05, 4.69) is 35.9 Å². The molecule has 4 aliphatic rings. The summed E-state index contributed by atoms with van der Waals surface area (Å²) in [5.41, 5.74) is 1.55. The van der Waals surface area contributed by atoms with Gasteiger partial charge in [0.25, 0.3) is 0 Å². The first-order valence-electron chi connectivity index (χ1n) is 8.67. The van der Waals surface area contributed by atoms with Gasteiger partial charge in [0.15, 0.2) is 6.29 Å². The molecule has 1 aliphatic heterocycles. The third-order valence-corrected chi connectivity index (χ3v) is 8.41. The summed E-state index contributed by atoms with van der Waals surface area (Å²) in [5.74, 6) is 1.86. The molecule has 3 unspecified atom stereocenters. The fourth-order valence-corrected chi connectivity index (χ4v) is 7.14. The molecule has 0 amide bonds. The van der Waals surface area contributed by atoms with Crippen molar-refractivity contribution in [2.45, 2.75) is 63.2 Å². The average Bonchev–Trinajstić information content (AvgIpc) is 2.72. The van der Waals surface area contributed by atoms with Crippen LogP contribution in [-0.2, 0) is 4.74 Å². The van der Waals surface area contributed by atoms with Crippen molar-refractivity contribution in [3.63, 3.8) is 0 Å². The van der Waals surface area contributed by atoms with Crippen molar-refractivity contribution in [3.05, 3.63) is 11.6 Å². The maximum absolute atomic E-state index is 10.7. The molecule has 0 aromatic rings. The molecule has 124 valence electrons. The molecule has 0 bridgehead atoms. The Morgan fingerprint density at radius 1 is 1.27 bits per heavy atom. The van der Waals surface area contributed by atoms with E-state index in [1.54, 1.807) is 0 Å². The van der Waals surface area contributed by atoms with Crippen molar-refractivity contribution in [3.8, 4) is 0 Å². The first-order chi connectivity index (χ1) is 10.4. The molecule has 3 aliphatic carbocycles. The van der Waals surface area contributed by atoms with Gasteiger partial charge in [0, 0.05) is 16.7 Å². The van der Waals surface area contributed by atoms with Crippen LogP contribution < -0.4 is 0 Å². The SMILES string of the molecule is C[C@]12COC(O)CC1=CC[C@@H]1[C@H]2CC[C@]2(C)C(O)C(Br)C[C@@H]12. The lowest BCUT2D eigenvalue weighted by Crippen LogP contribution is -2.53. The molecule has 0 aromatic heterocycles. The first-order valence-corrected chi connectivity index (χ1v) is 9.59. The number of ether oxygens (including phenoxy) is 1. The Labute approximate surface area is 141 Å². The van der Waals surface area contributed by atoms with Crippen molar-refractivity contribution in [2.75, 3.05) is 6.61 Å². The van der Waals surface area contributed by atoms with E-state index in [9.17, 15) is 10.2 Å². The van der Waals surface area contributed by atoms with Crippen LogP contribution in [-0.4, -0.2) is 34.0 Å². The lowest BCUT2D eigenvalue weighted by atomic mass is 9.50. The molecule has 3 fully saturated rings. The number of allylic oxidation sites excluding steroid dienone is 1. The predicted molar refractivity (Wildman–Crippen MR) is 88.5 cm³/mol. The quantitative estimate of drug-likeness (QED) is 0.508. The van der Waals surface area contributed by atoms with Crippen molar-refractivity contribution < 1.29 is 14.9 Å². The van der Waals surface area contributed by atoms with Gasteiger partial charge < -0.3 is 14.9 Å².